The van der Waals surface area contributed by atoms with Gasteiger partial charge in [-0.1, -0.05) is 17.7 Å². The lowest BCUT2D eigenvalue weighted by molar-refractivity contribution is -0.137. The quantitative estimate of drug-likeness (QED) is 0.733. The fourth-order valence-corrected chi connectivity index (χ4v) is 2.65. The van der Waals surface area contributed by atoms with Gasteiger partial charge in [0.05, 0.1) is 23.0 Å². The number of carbonyl (C=O) groups excluding carboxylic acids is 1. The van der Waals surface area contributed by atoms with Crippen LogP contribution in [0.25, 0.3) is 5.52 Å². The zero-order chi connectivity index (χ0) is 18.0. The molecule has 0 saturated carbocycles. The number of alkyl halides is 3. The van der Waals surface area contributed by atoms with Gasteiger partial charge in [0.2, 0.25) is 5.91 Å². The van der Waals surface area contributed by atoms with E-state index in [2.05, 4.69) is 10.3 Å². The third-order valence-electron chi connectivity index (χ3n) is 3.65. The second-order valence-corrected chi connectivity index (χ2v) is 5.84. The molecule has 0 aliphatic carbocycles. The Morgan fingerprint density at radius 3 is 2.80 bits per heavy atom. The monoisotopic (exact) mass is 367 g/mol. The number of nitrogens with zero attached hydrogens (tertiary/aromatic N) is 2. The number of anilines is 1. The molecule has 4 nitrogen and oxygen atoms in total. The van der Waals surface area contributed by atoms with Gasteiger partial charge in [0.25, 0.3) is 0 Å². The molecule has 0 saturated heterocycles. The lowest BCUT2D eigenvalue weighted by Gasteiger charge is -2.14. The number of hydrogen-bond acceptors (Lipinski definition) is 2. The SMILES string of the molecule is O=C(CCc1ncc2ccccn12)Nc1ccc(Cl)cc1C(F)(F)F. The summed E-state index contributed by atoms with van der Waals surface area (Å²) in [4.78, 5) is 16.3. The number of pyridine rings is 1. The van der Waals surface area contributed by atoms with Gasteiger partial charge in [0.15, 0.2) is 0 Å². The highest BCUT2D eigenvalue weighted by Gasteiger charge is 2.34. The molecule has 0 spiro atoms. The third kappa shape index (κ3) is 3.93. The molecule has 0 bridgehead atoms. The second kappa shape index (κ2) is 6.76. The highest BCUT2D eigenvalue weighted by atomic mass is 35.5. The molecular weight excluding hydrogens is 355 g/mol. The number of aromatic nitrogens is 2. The molecule has 8 heteroatoms. The average Bonchev–Trinajstić information content (AvgIpc) is 2.97. The van der Waals surface area contributed by atoms with E-state index in [9.17, 15) is 18.0 Å². The Bertz CT molecular complexity index is 921. The van der Waals surface area contributed by atoms with Crippen LogP contribution in [0.4, 0.5) is 18.9 Å². The third-order valence-corrected chi connectivity index (χ3v) is 3.89. The minimum atomic E-state index is -4.60. The van der Waals surface area contributed by atoms with Gasteiger partial charge in [-0.25, -0.2) is 4.98 Å². The van der Waals surface area contributed by atoms with Crippen LogP contribution in [-0.2, 0) is 17.4 Å². The van der Waals surface area contributed by atoms with Crippen molar-refractivity contribution in [1.82, 2.24) is 9.38 Å². The molecule has 130 valence electrons. The zero-order valence-electron chi connectivity index (χ0n) is 12.8. The summed E-state index contributed by atoms with van der Waals surface area (Å²) in [6.45, 7) is 0. The molecule has 0 fully saturated rings. The van der Waals surface area contributed by atoms with Crippen molar-refractivity contribution in [2.75, 3.05) is 5.32 Å². The van der Waals surface area contributed by atoms with Crippen LogP contribution in [0.5, 0.6) is 0 Å². The molecule has 0 radical (unpaired) electrons. The van der Waals surface area contributed by atoms with Crippen LogP contribution in [-0.4, -0.2) is 15.3 Å². The Labute approximate surface area is 146 Å². The van der Waals surface area contributed by atoms with Crippen molar-refractivity contribution >= 4 is 28.7 Å². The molecular formula is C17H13ClF3N3O. The first-order chi connectivity index (χ1) is 11.8. The smallest absolute Gasteiger partial charge is 0.325 e. The van der Waals surface area contributed by atoms with E-state index in [4.69, 9.17) is 11.6 Å². The van der Waals surface area contributed by atoms with Crippen LogP contribution in [0.3, 0.4) is 0 Å². The minimum absolute atomic E-state index is 0.00787. The fraction of sp³-hybridized carbons (Fsp3) is 0.176. The molecule has 2 heterocycles. The predicted molar refractivity (Wildman–Crippen MR) is 88.6 cm³/mol. The van der Waals surface area contributed by atoms with Crippen molar-refractivity contribution < 1.29 is 18.0 Å². The van der Waals surface area contributed by atoms with Gasteiger partial charge in [-0.2, -0.15) is 13.2 Å². The number of imidazole rings is 1. The van der Waals surface area contributed by atoms with Gasteiger partial charge >= 0.3 is 6.18 Å². The van der Waals surface area contributed by atoms with Gasteiger partial charge in [-0.3, -0.25) is 4.79 Å². The molecule has 1 aromatic carbocycles. The summed E-state index contributed by atoms with van der Waals surface area (Å²) in [6.07, 6.45) is -0.801. The van der Waals surface area contributed by atoms with E-state index < -0.39 is 17.6 Å². The van der Waals surface area contributed by atoms with Crippen LogP contribution in [0, 0.1) is 0 Å². The lowest BCUT2D eigenvalue weighted by Crippen LogP contribution is -2.17. The molecule has 25 heavy (non-hydrogen) atoms. The van der Waals surface area contributed by atoms with Crippen molar-refractivity contribution in [2.24, 2.45) is 0 Å². The molecule has 0 unspecified atom stereocenters. The van der Waals surface area contributed by atoms with Gasteiger partial charge in [0, 0.05) is 24.1 Å². The molecule has 1 amide bonds. The number of nitrogens with one attached hydrogen (secondary N) is 1. The fourth-order valence-electron chi connectivity index (χ4n) is 2.48. The van der Waals surface area contributed by atoms with Crippen LogP contribution in [0.2, 0.25) is 5.02 Å². The molecule has 0 atom stereocenters. The van der Waals surface area contributed by atoms with E-state index in [0.29, 0.717) is 12.2 Å². The Kier molecular flexibility index (Phi) is 4.67. The maximum atomic E-state index is 13.0. The molecule has 0 aliphatic heterocycles. The van der Waals surface area contributed by atoms with E-state index in [0.717, 1.165) is 17.6 Å². The normalized spacial score (nSPS) is 11.7. The first-order valence-electron chi connectivity index (χ1n) is 7.42. The van der Waals surface area contributed by atoms with Crippen molar-refractivity contribution in [1.29, 1.82) is 0 Å². The van der Waals surface area contributed by atoms with Crippen molar-refractivity contribution in [2.45, 2.75) is 19.0 Å². The molecule has 1 N–H and O–H groups in total. The summed E-state index contributed by atoms with van der Waals surface area (Å²) in [6, 6.07) is 8.82. The predicted octanol–water partition coefficient (Wildman–Crippen LogP) is 4.58. The van der Waals surface area contributed by atoms with Gasteiger partial charge < -0.3 is 9.72 Å². The number of fused-ring (bicyclic) bond motifs is 1. The molecule has 3 rings (SSSR count). The summed E-state index contributed by atoms with van der Waals surface area (Å²) in [7, 11) is 0. The standard InChI is InChI=1S/C17H13ClF3N3O/c18-11-4-5-14(13(9-11)17(19,20)21)23-16(25)7-6-15-22-10-12-3-1-2-8-24(12)15/h1-5,8-10H,6-7H2,(H,23,25). The summed E-state index contributed by atoms with van der Waals surface area (Å²) in [5, 5.41) is 2.25. The number of hydrogen-bond donors (Lipinski definition) is 1. The minimum Gasteiger partial charge on any atom is -0.325 e. The van der Waals surface area contributed by atoms with E-state index in [1.54, 1.807) is 6.20 Å². The second-order valence-electron chi connectivity index (χ2n) is 5.41. The highest BCUT2D eigenvalue weighted by molar-refractivity contribution is 6.30. The maximum absolute atomic E-state index is 13.0. The Morgan fingerprint density at radius 2 is 2.04 bits per heavy atom. The topological polar surface area (TPSA) is 46.4 Å². The van der Waals surface area contributed by atoms with Gasteiger partial charge in [-0.15, -0.1) is 0 Å². The Morgan fingerprint density at radius 1 is 1.24 bits per heavy atom. The van der Waals surface area contributed by atoms with Crippen LogP contribution >= 0.6 is 11.6 Å². The highest BCUT2D eigenvalue weighted by Crippen LogP contribution is 2.36. The van der Waals surface area contributed by atoms with Crippen LogP contribution in [0.1, 0.15) is 17.8 Å². The van der Waals surface area contributed by atoms with Crippen LogP contribution in [0.15, 0.2) is 48.8 Å². The number of rotatable bonds is 4. The van der Waals surface area contributed by atoms with Crippen molar-refractivity contribution in [3.05, 3.63) is 65.2 Å². The summed E-state index contributed by atoms with van der Waals surface area (Å²) in [5.74, 6) is 0.137. The van der Waals surface area contributed by atoms with E-state index in [1.807, 2.05) is 28.8 Å². The first-order valence-corrected chi connectivity index (χ1v) is 7.80. The number of benzene rings is 1. The number of carbonyl (C=O) groups is 1. The van der Waals surface area contributed by atoms with Crippen LogP contribution < -0.4 is 5.32 Å². The zero-order valence-corrected chi connectivity index (χ0v) is 13.6. The number of amides is 1. The van der Waals surface area contributed by atoms with Crippen molar-refractivity contribution in [3.63, 3.8) is 0 Å². The molecule has 0 aliphatic rings. The Balaban J connectivity index is 1.71. The molecule has 3 aromatic rings. The van der Waals surface area contributed by atoms with E-state index in [1.165, 1.54) is 6.07 Å². The molecule has 2 aromatic heterocycles. The summed E-state index contributed by atoms with van der Waals surface area (Å²) in [5.41, 5.74) is -0.399. The number of aryl methyl sites for hydroxylation is 1. The number of halogens is 4. The van der Waals surface area contributed by atoms with Gasteiger partial charge in [-0.05, 0) is 30.3 Å². The largest absolute Gasteiger partial charge is 0.418 e. The average molecular weight is 368 g/mol. The van der Waals surface area contributed by atoms with E-state index >= 15 is 0 Å². The van der Waals surface area contributed by atoms with E-state index in [-0.39, 0.29) is 17.1 Å². The Hall–Kier alpha value is -2.54. The van der Waals surface area contributed by atoms with Crippen molar-refractivity contribution in [3.8, 4) is 0 Å². The first kappa shape index (κ1) is 17.3. The summed E-state index contributed by atoms with van der Waals surface area (Å²) >= 11 is 5.62. The summed E-state index contributed by atoms with van der Waals surface area (Å²) < 4.78 is 40.9. The maximum Gasteiger partial charge on any atom is 0.418 e. The van der Waals surface area contributed by atoms with Gasteiger partial charge in [0.1, 0.15) is 5.82 Å². The lowest BCUT2D eigenvalue weighted by atomic mass is 10.1.